The maximum atomic E-state index is 13.2. The molecule has 0 fully saturated rings. The Morgan fingerprint density at radius 3 is 2.23 bits per heavy atom. The zero-order chi connectivity index (χ0) is 22.1. The second-order valence-corrected chi connectivity index (χ2v) is 7.08. The monoisotopic (exact) mass is 419 g/mol. The summed E-state index contributed by atoms with van der Waals surface area (Å²) in [5.41, 5.74) is 3.09. The number of benzene rings is 3. The van der Waals surface area contributed by atoms with E-state index in [1.807, 2.05) is 54.6 Å². The third-order valence-electron chi connectivity index (χ3n) is 4.87. The second kappa shape index (κ2) is 10.9. The minimum absolute atomic E-state index is 0.216. The third-order valence-corrected chi connectivity index (χ3v) is 4.87. The highest BCUT2D eigenvalue weighted by Gasteiger charge is 2.17. The van der Waals surface area contributed by atoms with Gasteiger partial charge < -0.3 is 15.5 Å². The molecule has 2 N–H and O–H groups in total. The van der Waals surface area contributed by atoms with E-state index in [2.05, 4.69) is 17.6 Å². The normalized spacial score (nSPS) is 10.4. The molecule has 0 unspecified atom stereocenters. The number of nitrogens with zero attached hydrogens (tertiary/aromatic N) is 1. The number of carbonyl (C=O) groups is 2. The molecule has 3 amide bonds. The fourth-order valence-corrected chi connectivity index (χ4v) is 3.14. The van der Waals surface area contributed by atoms with E-state index in [-0.39, 0.29) is 17.8 Å². The molecule has 0 aromatic heterocycles. The first-order valence-corrected chi connectivity index (χ1v) is 10.3. The lowest BCUT2D eigenvalue weighted by atomic mass is 10.1. The summed E-state index contributed by atoms with van der Waals surface area (Å²) in [6, 6.07) is 22.2. The fraction of sp³-hybridized carbons (Fsp3) is 0.200. The van der Waals surface area contributed by atoms with Gasteiger partial charge in [0.05, 0.1) is 0 Å². The summed E-state index contributed by atoms with van der Waals surface area (Å²) < 4.78 is 13.2. The number of hydrogen-bond acceptors (Lipinski definition) is 2. The Hall–Kier alpha value is -3.67. The van der Waals surface area contributed by atoms with E-state index in [0.717, 1.165) is 17.8 Å². The highest BCUT2D eigenvalue weighted by Crippen LogP contribution is 2.18. The molecule has 0 saturated heterocycles. The molecule has 0 saturated carbocycles. The first-order chi connectivity index (χ1) is 15.1. The highest BCUT2D eigenvalue weighted by molar-refractivity contribution is 6.06. The molecule has 0 heterocycles. The van der Waals surface area contributed by atoms with Crippen LogP contribution < -0.4 is 15.5 Å². The topological polar surface area (TPSA) is 61.4 Å². The van der Waals surface area contributed by atoms with Crippen LogP contribution in [0.15, 0.2) is 78.9 Å². The van der Waals surface area contributed by atoms with Gasteiger partial charge in [-0.25, -0.2) is 9.18 Å². The Morgan fingerprint density at radius 2 is 1.58 bits per heavy atom. The lowest BCUT2D eigenvalue weighted by Gasteiger charge is -2.23. The number of para-hydroxylation sites is 1. The minimum Gasteiger partial charge on any atom is -0.338 e. The van der Waals surface area contributed by atoms with Crippen molar-refractivity contribution in [1.82, 2.24) is 5.32 Å². The van der Waals surface area contributed by atoms with Gasteiger partial charge in [-0.3, -0.25) is 4.79 Å². The molecule has 0 radical (unpaired) electrons. The number of halogens is 1. The van der Waals surface area contributed by atoms with E-state index in [1.165, 1.54) is 29.8 Å². The first-order valence-electron chi connectivity index (χ1n) is 10.3. The van der Waals surface area contributed by atoms with Gasteiger partial charge in [-0.2, -0.15) is 0 Å². The number of urea groups is 1. The van der Waals surface area contributed by atoms with Crippen molar-refractivity contribution in [3.63, 3.8) is 0 Å². The van der Waals surface area contributed by atoms with E-state index < -0.39 is 0 Å². The number of amides is 3. The SMILES string of the molecule is CCc1ccc(NC(=O)NCCCN(C(=O)c2ccc(F)cc2)c2ccccc2)cc1. The number of carbonyl (C=O) groups excluding carboxylic acids is 2. The summed E-state index contributed by atoms with van der Waals surface area (Å²) in [6.45, 7) is 2.89. The number of nitrogens with one attached hydrogen (secondary N) is 2. The minimum atomic E-state index is -0.387. The van der Waals surface area contributed by atoms with Gasteiger partial charge in [0.1, 0.15) is 5.82 Å². The lowest BCUT2D eigenvalue weighted by Crippen LogP contribution is -2.35. The molecule has 160 valence electrons. The van der Waals surface area contributed by atoms with E-state index in [4.69, 9.17) is 0 Å². The van der Waals surface area contributed by atoms with Crippen LogP contribution in [-0.2, 0) is 6.42 Å². The Morgan fingerprint density at radius 1 is 0.903 bits per heavy atom. The molecular weight excluding hydrogens is 393 g/mol. The van der Waals surface area contributed by atoms with Crippen LogP contribution in [0.4, 0.5) is 20.6 Å². The molecule has 3 aromatic rings. The van der Waals surface area contributed by atoms with Crippen LogP contribution in [0.2, 0.25) is 0 Å². The van der Waals surface area contributed by atoms with Crippen LogP contribution >= 0.6 is 0 Å². The Kier molecular flexibility index (Phi) is 7.76. The molecule has 5 nitrogen and oxygen atoms in total. The largest absolute Gasteiger partial charge is 0.338 e. The highest BCUT2D eigenvalue weighted by atomic mass is 19.1. The van der Waals surface area contributed by atoms with Crippen molar-refractivity contribution in [3.8, 4) is 0 Å². The average Bonchev–Trinajstić information content (AvgIpc) is 2.80. The zero-order valence-corrected chi connectivity index (χ0v) is 17.5. The smallest absolute Gasteiger partial charge is 0.319 e. The molecule has 31 heavy (non-hydrogen) atoms. The Labute approximate surface area is 181 Å². The molecule has 0 aliphatic carbocycles. The van der Waals surface area contributed by atoms with Gasteiger partial charge in [0, 0.05) is 30.0 Å². The van der Waals surface area contributed by atoms with Gasteiger partial charge >= 0.3 is 6.03 Å². The second-order valence-electron chi connectivity index (χ2n) is 7.08. The molecule has 0 atom stereocenters. The molecule has 0 aliphatic rings. The quantitative estimate of drug-likeness (QED) is 0.490. The average molecular weight is 420 g/mol. The molecule has 6 heteroatoms. The summed E-state index contributed by atoms with van der Waals surface area (Å²) in [7, 11) is 0. The molecule has 0 bridgehead atoms. The van der Waals surface area contributed by atoms with Gasteiger partial charge in [-0.05, 0) is 66.9 Å². The van der Waals surface area contributed by atoms with E-state index >= 15 is 0 Å². The van der Waals surface area contributed by atoms with Crippen LogP contribution in [0.25, 0.3) is 0 Å². The molecule has 3 rings (SSSR count). The van der Waals surface area contributed by atoms with Crippen molar-refractivity contribution in [2.24, 2.45) is 0 Å². The standard InChI is InChI=1S/C25H26FN3O2/c1-2-19-9-15-22(16-10-19)28-25(31)27-17-6-18-29(23-7-4-3-5-8-23)24(30)20-11-13-21(26)14-12-20/h3-5,7-16H,2,6,17-18H2,1H3,(H2,27,28,31). The van der Waals surface area contributed by atoms with Crippen LogP contribution in [0, 0.1) is 5.82 Å². The van der Waals surface area contributed by atoms with Crippen LogP contribution in [0.1, 0.15) is 29.3 Å². The summed E-state index contributed by atoms with van der Waals surface area (Å²) >= 11 is 0. The number of anilines is 2. The first kappa shape index (κ1) is 22.0. The van der Waals surface area contributed by atoms with Crippen LogP contribution in [0.3, 0.4) is 0 Å². The van der Waals surface area contributed by atoms with Gasteiger partial charge in [0.2, 0.25) is 0 Å². The predicted octanol–water partition coefficient (Wildman–Crippen LogP) is 5.25. The van der Waals surface area contributed by atoms with Gasteiger partial charge in [-0.1, -0.05) is 37.3 Å². The van der Waals surface area contributed by atoms with E-state index in [0.29, 0.717) is 25.1 Å². The van der Waals surface area contributed by atoms with Gasteiger partial charge in [-0.15, -0.1) is 0 Å². The Bertz CT molecular complexity index is 990. The van der Waals surface area contributed by atoms with Crippen molar-refractivity contribution in [3.05, 3.63) is 95.8 Å². The maximum Gasteiger partial charge on any atom is 0.319 e. The fourth-order valence-electron chi connectivity index (χ4n) is 3.14. The van der Waals surface area contributed by atoms with E-state index in [1.54, 1.807) is 4.90 Å². The molecule has 3 aromatic carbocycles. The lowest BCUT2D eigenvalue weighted by molar-refractivity contribution is 0.0986. The van der Waals surface area contributed by atoms with Crippen molar-refractivity contribution >= 4 is 23.3 Å². The zero-order valence-electron chi connectivity index (χ0n) is 17.5. The van der Waals surface area contributed by atoms with Crippen LogP contribution in [0.5, 0.6) is 0 Å². The summed E-state index contributed by atoms with van der Waals surface area (Å²) in [5, 5.41) is 5.62. The summed E-state index contributed by atoms with van der Waals surface area (Å²) in [5.74, 6) is -0.603. The van der Waals surface area contributed by atoms with Crippen molar-refractivity contribution in [2.75, 3.05) is 23.3 Å². The Balaban J connectivity index is 1.55. The van der Waals surface area contributed by atoms with Crippen molar-refractivity contribution in [1.29, 1.82) is 0 Å². The van der Waals surface area contributed by atoms with Gasteiger partial charge in [0.25, 0.3) is 5.91 Å². The molecule has 0 aliphatic heterocycles. The number of hydrogen-bond donors (Lipinski definition) is 2. The van der Waals surface area contributed by atoms with Crippen molar-refractivity contribution < 1.29 is 14.0 Å². The number of rotatable bonds is 8. The molecule has 0 spiro atoms. The van der Waals surface area contributed by atoms with Crippen molar-refractivity contribution in [2.45, 2.75) is 19.8 Å². The van der Waals surface area contributed by atoms with E-state index in [9.17, 15) is 14.0 Å². The summed E-state index contributed by atoms with van der Waals surface area (Å²) in [4.78, 5) is 26.7. The summed E-state index contributed by atoms with van der Waals surface area (Å²) in [6.07, 6.45) is 1.51. The predicted molar refractivity (Wildman–Crippen MR) is 122 cm³/mol. The van der Waals surface area contributed by atoms with Crippen LogP contribution in [-0.4, -0.2) is 25.0 Å². The van der Waals surface area contributed by atoms with Gasteiger partial charge in [0.15, 0.2) is 0 Å². The molecular formula is C25H26FN3O2. The maximum absolute atomic E-state index is 13.2. The number of aryl methyl sites for hydroxylation is 1. The third kappa shape index (κ3) is 6.40.